The maximum atomic E-state index is 12.3. The predicted octanol–water partition coefficient (Wildman–Crippen LogP) is 3.19. The monoisotopic (exact) mass is 337 g/mol. The molecule has 1 aliphatic carbocycles. The first kappa shape index (κ1) is 17.0. The Morgan fingerprint density at radius 2 is 1.68 bits per heavy atom. The van der Waals surface area contributed by atoms with Gasteiger partial charge in [0.15, 0.2) is 0 Å². The summed E-state index contributed by atoms with van der Waals surface area (Å²) < 4.78 is 0. The van der Waals surface area contributed by atoms with Gasteiger partial charge in [-0.25, -0.2) is 0 Å². The second kappa shape index (κ2) is 7.83. The Labute approximate surface area is 147 Å². The lowest BCUT2D eigenvalue weighted by atomic mass is 10.1. The summed E-state index contributed by atoms with van der Waals surface area (Å²) in [5.74, 6) is -0.236. The van der Waals surface area contributed by atoms with Crippen LogP contribution < -0.4 is 16.0 Å². The number of aryl methyl sites for hydroxylation is 1. The third-order valence-electron chi connectivity index (χ3n) is 4.20. The molecule has 0 saturated heterocycles. The van der Waals surface area contributed by atoms with Crippen molar-refractivity contribution < 1.29 is 9.59 Å². The van der Waals surface area contributed by atoms with E-state index in [1.807, 2.05) is 42.5 Å². The summed E-state index contributed by atoms with van der Waals surface area (Å²) in [4.78, 5) is 24.5. The van der Waals surface area contributed by atoms with E-state index in [1.54, 1.807) is 6.07 Å². The van der Waals surface area contributed by atoms with Gasteiger partial charge >= 0.3 is 0 Å². The van der Waals surface area contributed by atoms with Crippen LogP contribution >= 0.6 is 0 Å². The lowest BCUT2D eigenvalue weighted by molar-refractivity contribution is -0.114. The molecule has 5 nitrogen and oxygen atoms in total. The molecule has 1 fully saturated rings. The average molecular weight is 337 g/mol. The summed E-state index contributed by atoms with van der Waals surface area (Å²) in [6.07, 6.45) is 2.94. The SMILES string of the molecule is CCc1ccccc1NC(=O)CNc1ccccc1C(=O)NC1CC1. The van der Waals surface area contributed by atoms with Crippen molar-refractivity contribution in [2.24, 2.45) is 0 Å². The molecule has 0 spiro atoms. The van der Waals surface area contributed by atoms with Crippen molar-refractivity contribution >= 4 is 23.2 Å². The number of anilines is 2. The Bertz CT molecular complexity index is 769. The molecular weight excluding hydrogens is 314 g/mol. The molecule has 2 aromatic carbocycles. The van der Waals surface area contributed by atoms with E-state index in [2.05, 4.69) is 22.9 Å². The molecule has 0 atom stereocenters. The standard InChI is InChI=1S/C20H23N3O2/c1-2-14-7-3-5-9-17(14)23-19(24)13-21-18-10-6-4-8-16(18)20(25)22-15-11-12-15/h3-10,15,21H,2,11-13H2,1H3,(H,22,25)(H,23,24). The van der Waals surface area contributed by atoms with E-state index in [-0.39, 0.29) is 18.4 Å². The maximum Gasteiger partial charge on any atom is 0.253 e. The van der Waals surface area contributed by atoms with Crippen molar-refractivity contribution in [3.05, 3.63) is 59.7 Å². The van der Waals surface area contributed by atoms with E-state index < -0.39 is 0 Å². The van der Waals surface area contributed by atoms with Crippen molar-refractivity contribution in [1.82, 2.24) is 5.32 Å². The van der Waals surface area contributed by atoms with E-state index in [9.17, 15) is 9.59 Å². The highest BCUT2D eigenvalue weighted by atomic mass is 16.2. The van der Waals surface area contributed by atoms with Crippen LogP contribution in [0.3, 0.4) is 0 Å². The molecule has 0 aromatic heterocycles. The minimum absolute atomic E-state index is 0.0951. The van der Waals surface area contributed by atoms with Crippen molar-refractivity contribution in [3.63, 3.8) is 0 Å². The number of carbonyl (C=O) groups is 2. The number of benzene rings is 2. The van der Waals surface area contributed by atoms with E-state index in [0.29, 0.717) is 17.3 Å². The van der Waals surface area contributed by atoms with Crippen LogP contribution in [0.5, 0.6) is 0 Å². The fraction of sp³-hybridized carbons (Fsp3) is 0.300. The zero-order chi connectivity index (χ0) is 17.6. The van der Waals surface area contributed by atoms with Crippen LogP contribution in [0, 0.1) is 0 Å². The van der Waals surface area contributed by atoms with Crippen LogP contribution in [-0.4, -0.2) is 24.4 Å². The number of para-hydroxylation sites is 2. The lowest BCUT2D eigenvalue weighted by Crippen LogP contribution is -2.27. The molecule has 1 saturated carbocycles. The topological polar surface area (TPSA) is 70.2 Å². The molecule has 0 bridgehead atoms. The van der Waals surface area contributed by atoms with Gasteiger partial charge in [0, 0.05) is 17.4 Å². The normalized spacial score (nSPS) is 13.2. The highest BCUT2D eigenvalue weighted by molar-refractivity contribution is 6.01. The first-order valence-corrected chi connectivity index (χ1v) is 8.69. The third-order valence-corrected chi connectivity index (χ3v) is 4.20. The summed E-state index contributed by atoms with van der Waals surface area (Å²) in [6, 6.07) is 15.3. The van der Waals surface area contributed by atoms with E-state index in [4.69, 9.17) is 0 Å². The van der Waals surface area contributed by atoms with Crippen LogP contribution in [0.1, 0.15) is 35.7 Å². The number of carbonyl (C=O) groups excluding carboxylic acids is 2. The van der Waals surface area contributed by atoms with Gasteiger partial charge in [-0.05, 0) is 43.0 Å². The highest BCUT2D eigenvalue weighted by Crippen LogP contribution is 2.21. The van der Waals surface area contributed by atoms with Crippen molar-refractivity contribution in [2.45, 2.75) is 32.2 Å². The Hall–Kier alpha value is -2.82. The smallest absolute Gasteiger partial charge is 0.253 e. The molecule has 2 amide bonds. The van der Waals surface area contributed by atoms with Crippen LogP contribution in [0.2, 0.25) is 0 Å². The molecule has 1 aliphatic rings. The molecule has 0 heterocycles. The number of amides is 2. The van der Waals surface area contributed by atoms with E-state index in [1.165, 1.54) is 0 Å². The zero-order valence-electron chi connectivity index (χ0n) is 14.3. The molecule has 2 aromatic rings. The van der Waals surface area contributed by atoms with Crippen molar-refractivity contribution in [3.8, 4) is 0 Å². The van der Waals surface area contributed by atoms with Gasteiger partial charge in [0.1, 0.15) is 0 Å². The van der Waals surface area contributed by atoms with Gasteiger partial charge in [-0.1, -0.05) is 37.3 Å². The molecule has 0 aliphatic heterocycles. The molecule has 130 valence electrons. The summed E-state index contributed by atoms with van der Waals surface area (Å²) >= 11 is 0. The maximum absolute atomic E-state index is 12.3. The molecule has 0 radical (unpaired) electrons. The Balaban J connectivity index is 1.61. The first-order chi connectivity index (χ1) is 12.2. The number of hydrogen-bond acceptors (Lipinski definition) is 3. The Kier molecular flexibility index (Phi) is 5.33. The van der Waals surface area contributed by atoms with Gasteiger partial charge in [-0.2, -0.15) is 0 Å². The minimum Gasteiger partial charge on any atom is -0.376 e. The molecular formula is C20H23N3O2. The Morgan fingerprint density at radius 1 is 1.00 bits per heavy atom. The van der Waals surface area contributed by atoms with Crippen LogP contribution in [0.15, 0.2) is 48.5 Å². The van der Waals surface area contributed by atoms with Gasteiger partial charge in [-0.3, -0.25) is 9.59 Å². The molecule has 3 N–H and O–H groups in total. The Morgan fingerprint density at radius 3 is 2.40 bits per heavy atom. The third kappa shape index (κ3) is 4.59. The molecule has 0 unspecified atom stereocenters. The summed E-state index contributed by atoms with van der Waals surface area (Å²) in [6.45, 7) is 2.16. The molecule has 25 heavy (non-hydrogen) atoms. The first-order valence-electron chi connectivity index (χ1n) is 8.69. The molecule has 3 rings (SSSR count). The van der Waals surface area contributed by atoms with E-state index in [0.717, 1.165) is 30.5 Å². The van der Waals surface area contributed by atoms with Crippen LogP contribution in [0.4, 0.5) is 11.4 Å². The van der Waals surface area contributed by atoms with Crippen molar-refractivity contribution in [2.75, 3.05) is 17.2 Å². The predicted molar refractivity (Wildman–Crippen MR) is 99.9 cm³/mol. The second-order valence-corrected chi connectivity index (χ2v) is 6.21. The number of nitrogens with one attached hydrogen (secondary N) is 3. The zero-order valence-corrected chi connectivity index (χ0v) is 14.3. The van der Waals surface area contributed by atoms with E-state index >= 15 is 0 Å². The molecule has 5 heteroatoms. The van der Waals surface area contributed by atoms with Gasteiger partial charge in [0.2, 0.25) is 5.91 Å². The number of rotatable bonds is 7. The summed E-state index contributed by atoms with van der Waals surface area (Å²) in [5, 5.41) is 8.97. The number of hydrogen-bond donors (Lipinski definition) is 3. The van der Waals surface area contributed by atoms with Crippen molar-refractivity contribution in [1.29, 1.82) is 0 Å². The fourth-order valence-corrected chi connectivity index (χ4v) is 2.65. The summed E-state index contributed by atoms with van der Waals surface area (Å²) in [7, 11) is 0. The largest absolute Gasteiger partial charge is 0.376 e. The summed E-state index contributed by atoms with van der Waals surface area (Å²) in [5.41, 5.74) is 3.16. The lowest BCUT2D eigenvalue weighted by Gasteiger charge is -2.13. The quantitative estimate of drug-likeness (QED) is 0.727. The van der Waals surface area contributed by atoms with Crippen LogP contribution in [-0.2, 0) is 11.2 Å². The van der Waals surface area contributed by atoms with Crippen LogP contribution in [0.25, 0.3) is 0 Å². The van der Waals surface area contributed by atoms with Gasteiger partial charge in [-0.15, -0.1) is 0 Å². The average Bonchev–Trinajstić information content (AvgIpc) is 3.44. The fourth-order valence-electron chi connectivity index (χ4n) is 2.65. The van der Waals surface area contributed by atoms with Gasteiger partial charge in [0.05, 0.1) is 12.1 Å². The van der Waals surface area contributed by atoms with Gasteiger partial charge < -0.3 is 16.0 Å². The minimum atomic E-state index is -0.140. The second-order valence-electron chi connectivity index (χ2n) is 6.21. The van der Waals surface area contributed by atoms with Gasteiger partial charge in [0.25, 0.3) is 5.91 Å². The highest BCUT2D eigenvalue weighted by Gasteiger charge is 2.24.